The van der Waals surface area contributed by atoms with Crippen LogP contribution < -0.4 is 14.8 Å². The number of hydrogen-bond acceptors (Lipinski definition) is 7. The molecule has 21 heavy (non-hydrogen) atoms. The van der Waals surface area contributed by atoms with Crippen LogP contribution in [0.2, 0.25) is 0 Å². The minimum absolute atomic E-state index is 0.162. The van der Waals surface area contributed by atoms with Crippen LogP contribution in [0.5, 0.6) is 11.5 Å². The van der Waals surface area contributed by atoms with E-state index in [1.54, 1.807) is 31.4 Å². The maximum absolute atomic E-state index is 12.2. The lowest BCUT2D eigenvalue weighted by atomic mass is 10.1. The van der Waals surface area contributed by atoms with Crippen molar-refractivity contribution in [2.24, 2.45) is 0 Å². The van der Waals surface area contributed by atoms with Gasteiger partial charge in [-0.1, -0.05) is 0 Å². The highest BCUT2D eigenvalue weighted by Gasteiger charge is 2.46. The van der Waals surface area contributed by atoms with E-state index in [2.05, 4.69) is 17.9 Å². The van der Waals surface area contributed by atoms with Gasteiger partial charge in [0.15, 0.2) is 0 Å². The highest BCUT2D eigenvalue weighted by molar-refractivity contribution is 7.81. The topological polar surface area (TPSA) is 73.9 Å². The minimum Gasteiger partial charge on any atom is -0.497 e. The van der Waals surface area contributed by atoms with Gasteiger partial charge < -0.3 is 14.2 Å². The molecular weight excluding hydrogens is 294 g/mol. The molecule has 0 aromatic heterocycles. The van der Waals surface area contributed by atoms with Gasteiger partial charge in [-0.05, 0) is 37.2 Å². The Kier molecular flexibility index (Phi) is 5.08. The van der Waals surface area contributed by atoms with E-state index in [0.29, 0.717) is 24.5 Å². The van der Waals surface area contributed by atoms with Crippen LogP contribution in [-0.2, 0) is 14.3 Å². The third-order valence-electron chi connectivity index (χ3n) is 3.13. The molecule has 1 N–H and O–H groups in total. The third kappa shape index (κ3) is 3.68. The molecule has 1 aromatic rings. The molecule has 1 fully saturated rings. The summed E-state index contributed by atoms with van der Waals surface area (Å²) in [4.78, 5) is 23.4. The molecule has 0 saturated carbocycles. The van der Waals surface area contributed by atoms with Gasteiger partial charge in [0.2, 0.25) is 0 Å². The van der Waals surface area contributed by atoms with Gasteiger partial charge in [0.25, 0.3) is 5.72 Å². The van der Waals surface area contributed by atoms with Gasteiger partial charge in [0.05, 0.1) is 12.9 Å². The van der Waals surface area contributed by atoms with Crippen molar-refractivity contribution in [1.82, 2.24) is 5.32 Å². The molecule has 0 aliphatic carbocycles. The third-order valence-corrected chi connectivity index (χ3v) is 3.39. The molecule has 6 nitrogen and oxygen atoms in total. The number of benzene rings is 1. The lowest BCUT2D eigenvalue weighted by molar-refractivity contribution is -0.171. The first-order chi connectivity index (χ1) is 10.1. The predicted molar refractivity (Wildman–Crippen MR) is 78.5 cm³/mol. The van der Waals surface area contributed by atoms with E-state index in [1.807, 2.05) is 0 Å². The zero-order chi connectivity index (χ0) is 15.3. The lowest BCUT2D eigenvalue weighted by Gasteiger charge is -2.27. The largest absolute Gasteiger partial charge is 0.497 e. The van der Waals surface area contributed by atoms with Crippen LogP contribution in [0.4, 0.5) is 0 Å². The van der Waals surface area contributed by atoms with Gasteiger partial charge in [-0.3, -0.25) is 10.1 Å². The zero-order valence-electron chi connectivity index (χ0n) is 11.6. The van der Waals surface area contributed by atoms with Gasteiger partial charge in [0.1, 0.15) is 11.5 Å². The summed E-state index contributed by atoms with van der Waals surface area (Å²) >= 11 is 3.78. The summed E-state index contributed by atoms with van der Waals surface area (Å²) < 4.78 is 15.6. The maximum atomic E-state index is 12.2. The number of hydrogen-bond donors (Lipinski definition) is 2. The Morgan fingerprint density at radius 1 is 1.29 bits per heavy atom. The average molecular weight is 311 g/mol. The fourth-order valence-corrected chi connectivity index (χ4v) is 2.15. The Balaban J connectivity index is 2.13. The van der Waals surface area contributed by atoms with Gasteiger partial charge >= 0.3 is 11.9 Å². The van der Waals surface area contributed by atoms with Crippen LogP contribution in [0.1, 0.15) is 12.8 Å². The number of ether oxygens (including phenoxy) is 3. The Bertz CT molecular complexity index is 511. The molecule has 0 unspecified atom stereocenters. The number of carbonyl (C=O) groups excluding carboxylic acids is 2. The molecule has 0 spiro atoms. The van der Waals surface area contributed by atoms with Crippen LogP contribution in [0.25, 0.3) is 0 Å². The van der Waals surface area contributed by atoms with Crippen molar-refractivity contribution >= 4 is 24.6 Å². The Morgan fingerprint density at radius 2 is 1.95 bits per heavy atom. The fraction of sp³-hybridized carbons (Fsp3) is 0.429. The first-order valence-corrected chi connectivity index (χ1v) is 7.17. The first-order valence-electron chi connectivity index (χ1n) is 6.54. The summed E-state index contributed by atoms with van der Waals surface area (Å²) in [7, 11) is 1.57. The van der Waals surface area contributed by atoms with E-state index in [1.165, 1.54) is 0 Å². The number of rotatable bonds is 5. The SMILES string of the molecule is COc1ccc(O[C@@]2(C(=O)OC(=O)CS)CCCN2)cc1. The molecule has 114 valence electrons. The number of thiol groups is 1. The van der Waals surface area contributed by atoms with Crippen molar-refractivity contribution in [1.29, 1.82) is 0 Å². The summed E-state index contributed by atoms with van der Waals surface area (Å²) in [6.45, 7) is 0.611. The molecule has 0 radical (unpaired) electrons. The standard InChI is InChI=1S/C14H17NO5S/c1-18-10-3-5-11(6-4-10)20-14(7-2-8-15-14)13(17)19-12(16)9-21/h3-6,15,21H,2,7-9H2,1H3/t14-/m1/s1. The number of nitrogens with one attached hydrogen (secondary N) is 1. The van der Waals surface area contributed by atoms with E-state index < -0.39 is 17.7 Å². The molecule has 1 aromatic carbocycles. The van der Waals surface area contributed by atoms with Gasteiger partial charge in [0, 0.05) is 6.42 Å². The van der Waals surface area contributed by atoms with Crippen molar-refractivity contribution in [3.8, 4) is 11.5 Å². The monoisotopic (exact) mass is 311 g/mol. The van der Waals surface area contributed by atoms with Crippen molar-refractivity contribution in [2.75, 3.05) is 19.4 Å². The number of methoxy groups -OCH3 is 1. The van der Waals surface area contributed by atoms with E-state index in [4.69, 9.17) is 14.2 Å². The molecule has 2 rings (SSSR count). The van der Waals surface area contributed by atoms with Crippen molar-refractivity contribution in [3.05, 3.63) is 24.3 Å². The van der Waals surface area contributed by atoms with Crippen molar-refractivity contribution in [3.63, 3.8) is 0 Å². The second-order valence-electron chi connectivity index (χ2n) is 4.55. The Hall–Kier alpha value is -1.73. The second kappa shape index (κ2) is 6.82. The molecule has 7 heteroatoms. The second-order valence-corrected chi connectivity index (χ2v) is 4.87. The average Bonchev–Trinajstić information content (AvgIpc) is 2.97. The number of esters is 2. The summed E-state index contributed by atoms with van der Waals surface area (Å²) in [5.74, 6) is -0.432. The molecule has 1 heterocycles. The lowest BCUT2D eigenvalue weighted by Crippen LogP contribution is -2.54. The summed E-state index contributed by atoms with van der Waals surface area (Å²) in [5.41, 5.74) is -1.33. The van der Waals surface area contributed by atoms with Crippen LogP contribution in [0.15, 0.2) is 24.3 Å². The number of carbonyl (C=O) groups is 2. The Labute approximate surface area is 128 Å². The van der Waals surface area contributed by atoms with Crippen molar-refractivity contribution in [2.45, 2.75) is 18.6 Å². The highest BCUT2D eigenvalue weighted by Crippen LogP contribution is 2.27. The molecular formula is C14H17NO5S. The summed E-state index contributed by atoms with van der Waals surface area (Å²) in [6, 6.07) is 6.83. The van der Waals surface area contributed by atoms with E-state index in [0.717, 1.165) is 6.42 Å². The van der Waals surface area contributed by atoms with Gasteiger partial charge in [-0.25, -0.2) is 4.79 Å². The highest BCUT2D eigenvalue weighted by atomic mass is 32.1. The summed E-state index contributed by atoms with van der Waals surface area (Å²) in [5, 5.41) is 2.97. The normalized spacial score (nSPS) is 20.9. The minimum atomic E-state index is -1.33. The fourth-order valence-electron chi connectivity index (χ4n) is 2.08. The van der Waals surface area contributed by atoms with Gasteiger partial charge in [-0.15, -0.1) is 0 Å². The van der Waals surface area contributed by atoms with Crippen LogP contribution in [0.3, 0.4) is 0 Å². The van der Waals surface area contributed by atoms with E-state index in [9.17, 15) is 9.59 Å². The molecule has 1 aliphatic heterocycles. The molecule has 1 atom stereocenters. The maximum Gasteiger partial charge on any atom is 0.374 e. The Morgan fingerprint density at radius 3 is 2.48 bits per heavy atom. The molecule has 0 amide bonds. The van der Waals surface area contributed by atoms with Crippen LogP contribution in [-0.4, -0.2) is 37.1 Å². The first kappa shape index (κ1) is 15.7. The smallest absolute Gasteiger partial charge is 0.374 e. The van der Waals surface area contributed by atoms with Gasteiger partial charge in [-0.2, -0.15) is 12.6 Å². The van der Waals surface area contributed by atoms with E-state index in [-0.39, 0.29) is 5.75 Å². The molecule has 1 aliphatic rings. The molecule has 1 saturated heterocycles. The van der Waals surface area contributed by atoms with Crippen molar-refractivity contribution < 1.29 is 23.8 Å². The van der Waals surface area contributed by atoms with Crippen LogP contribution in [0, 0.1) is 0 Å². The van der Waals surface area contributed by atoms with Crippen LogP contribution >= 0.6 is 12.6 Å². The quantitative estimate of drug-likeness (QED) is 0.483. The summed E-state index contributed by atoms with van der Waals surface area (Å²) in [6.07, 6.45) is 1.18. The predicted octanol–water partition coefficient (Wildman–Crippen LogP) is 1.15. The van der Waals surface area contributed by atoms with E-state index >= 15 is 0 Å². The molecule has 0 bridgehead atoms. The zero-order valence-corrected chi connectivity index (χ0v) is 12.5.